The normalized spacial score (nSPS) is 16.1. The molecule has 11 heavy (non-hydrogen) atoms. The molecule has 0 bridgehead atoms. The second-order valence-electron chi connectivity index (χ2n) is 4.05. The molecule has 0 amide bonds. The van der Waals surface area contributed by atoms with Crippen LogP contribution in [-0.2, 0) is 25.8 Å². The predicted octanol–water partition coefficient (Wildman–Crippen LogP) is 3.11. The largest absolute Gasteiger partial charge is 0.269 e. The van der Waals surface area contributed by atoms with Gasteiger partial charge in [0.15, 0.2) is 0 Å². The zero-order chi connectivity index (χ0) is 7.61. The molecule has 1 aliphatic rings. The third kappa shape index (κ3) is 4.73. The molecule has 1 rings (SSSR count). The van der Waals surface area contributed by atoms with E-state index in [0.29, 0.717) is 5.41 Å². The van der Waals surface area contributed by atoms with Crippen molar-refractivity contribution >= 4 is 0 Å². The van der Waals surface area contributed by atoms with Crippen LogP contribution in [0.5, 0.6) is 0 Å². The van der Waals surface area contributed by atoms with Crippen LogP contribution in [0.1, 0.15) is 33.6 Å². The Balaban J connectivity index is 0.000001000. The molecular formula is C10H15Hf-. The summed E-state index contributed by atoms with van der Waals surface area (Å²) in [6, 6.07) is 0. The van der Waals surface area contributed by atoms with Crippen molar-refractivity contribution < 1.29 is 25.8 Å². The van der Waals surface area contributed by atoms with Gasteiger partial charge in [-0.05, 0) is 5.41 Å². The second-order valence-corrected chi connectivity index (χ2v) is 4.05. The molecule has 0 aromatic rings. The van der Waals surface area contributed by atoms with E-state index < -0.39 is 0 Å². The molecule has 0 heterocycles. The van der Waals surface area contributed by atoms with Crippen LogP contribution in [0, 0.1) is 11.5 Å². The average Bonchev–Trinajstić information content (AvgIpc) is 2.12. The molecule has 0 aliphatic heterocycles. The minimum atomic E-state index is 0. The first kappa shape index (κ1) is 11.4. The van der Waals surface area contributed by atoms with E-state index in [1.165, 1.54) is 5.57 Å². The number of allylic oxidation sites excluding steroid dienone is 4. The molecule has 0 fully saturated rings. The molecule has 0 saturated heterocycles. The van der Waals surface area contributed by atoms with Gasteiger partial charge in [-0.2, -0.15) is 6.08 Å². The van der Waals surface area contributed by atoms with Gasteiger partial charge in [0.1, 0.15) is 0 Å². The van der Waals surface area contributed by atoms with E-state index >= 15 is 0 Å². The van der Waals surface area contributed by atoms with Gasteiger partial charge in [-0.15, -0.1) is 6.42 Å². The van der Waals surface area contributed by atoms with E-state index in [1.54, 1.807) is 0 Å². The summed E-state index contributed by atoms with van der Waals surface area (Å²) in [5.41, 5.74) is 1.80. The maximum atomic E-state index is 3.32. The zero-order valence-electron chi connectivity index (χ0n) is 7.57. The molecule has 0 spiro atoms. The Morgan fingerprint density at radius 2 is 2.09 bits per heavy atom. The smallest absolute Gasteiger partial charge is 0 e. The third-order valence-electron chi connectivity index (χ3n) is 1.49. The molecule has 0 aromatic carbocycles. The first-order chi connectivity index (χ1) is 4.58. The summed E-state index contributed by atoms with van der Waals surface area (Å²) in [7, 11) is 0. The van der Waals surface area contributed by atoms with Crippen molar-refractivity contribution in [1.82, 2.24) is 0 Å². The van der Waals surface area contributed by atoms with Gasteiger partial charge in [0.2, 0.25) is 0 Å². The van der Waals surface area contributed by atoms with Crippen LogP contribution in [0.2, 0.25) is 0 Å². The summed E-state index contributed by atoms with van der Waals surface area (Å²) in [6.07, 6.45) is 9.85. The second kappa shape index (κ2) is 4.39. The Bertz CT molecular complexity index is 170. The fraction of sp³-hybridized carbons (Fsp3) is 0.600. The Morgan fingerprint density at radius 3 is 2.45 bits per heavy atom. The Labute approximate surface area is 88.5 Å². The van der Waals surface area contributed by atoms with Gasteiger partial charge in [0, 0.05) is 25.8 Å². The van der Waals surface area contributed by atoms with Gasteiger partial charge in [-0.1, -0.05) is 27.2 Å². The van der Waals surface area contributed by atoms with E-state index in [9.17, 15) is 0 Å². The average molecular weight is 314 g/mol. The SMILES string of the molecule is CC(C)(C)CC1=[C-]CC=C1.[Hf]. The summed E-state index contributed by atoms with van der Waals surface area (Å²) in [4.78, 5) is 0. The molecule has 0 saturated carbocycles. The van der Waals surface area contributed by atoms with E-state index in [1.807, 2.05) is 0 Å². The number of hydrogen-bond donors (Lipinski definition) is 0. The van der Waals surface area contributed by atoms with Gasteiger partial charge in [0.05, 0.1) is 0 Å². The van der Waals surface area contributed by atoms with E-state index in [2.05, 4.69) is 39.0 Å². The molecule has 0 nitrogen and oxygen atoms in total. The summed E-state index contributed by atoms with van der Waals surface area (Å²) in [5, 5.41) is 0. The van der Waals surface area contributed by atoms with Crippen molar-refractivity contribution in [3.63, 3.8) is 0 Å². The maximum absolute atomic E-state index is 3.32. The first-order valence-electron chi connectivity index (χ1n) is 3.84. The van der Waals surface area contributed by atoms with E-state index in [4.69, 9.17) is 0 Å². The van der Waals surface area contributed by atoms with Crippen molar-refractivity contribution in [2.75, 3.05) is 0 Å². The molecule has 0 atom stereocenters. The van der Waals surface area contributed by atoms with Gasteiger partial charge >= 0.3 is 0 Å². The summed E-state index contributed by atoms with van der Waals surface area (Å²) in [6.45, 7) is 6.77. The van der Waals surface area contributed by atoms with Crippen molar-refractivity contribution in [2.45, 2.75) is 33.6 Å². The minimum Gasteiger partial charge on any atom is -0.269 e. The fourth-order valence-corrected chi connectivity index (χ4v) is 1.14. The molecule has 0 aromatic heterocycles. The quantitative estimate of drug-likeness (QED) is 0.515. The van der Waals surface area contributed by atoms with Crippen LogP contribution in [-0.4, -0.2) is 0 Å². The Kier molecular flexibility index (Phi) is 4.53. The molecule has 60 valence electrons. The monoisotopic (exact) mass is 315 g/mol. The fourth-order valence-electron chi connectivity index (χ4n) is 1.14. The van der Waals surface area contributed by atoms with E-state index in [-0.39, 0.29) is 25.8 Å². The summed E-state index contributed by atoms with van der Waals surface area (Å²) < 4.78 is 0. The number of hydrogen-bond acceptors (Lipinski definition) is 0. The van der Waals surface area contributed by atoms with Gasteiger partial charge in [-0.3, -0.25) is 6.08 Å². The van der Waals surface area contributed by atoms with Crippen molar-refractivity contribution in [3.05, 3.63) is 23.8 Å². The van der Waals surface area contributed by atoms with Crippen molar-refractivity contribution in [1.29, 1.82) is 0 Å². The zero-order valence-corrected chi connectivity index (χ0v) is 11.2. The predicted molar refractivity (Wildman–Crippen MR) is 44.6 cm³/mol. The van der Waals surface area contributed by atoms with Crippen LogP contribution in [0.3, 0.4) is 0 Å². The van der Waals surface area contributed by atoms with Gasteiger partial charge < -0.3 is 0 Å². The van der Waals surface area contributed by atoms with Crippen molar-refractivity contribution in [3.8, 4) is 0 Å². The minimum absolute atomic E-state index is 0. The summed E-state index contributed by atoms with van der Waals surface area (Å²) in [5.74, 6) is 0. The van der Waals surface area contributed by atoms with Crippen LogP contribution in [0.25, 0.3) is 0 Å². The summed E-state index contributed by atoms with van der Waals surface area (Å²) >= 11 is 0. The maximum Gasteiger partial charge on any atom is 0 e. The Hall–Kier alpha value is 0.350. The van der Waals surface area contributed by atoms with Gasteiger partial charge in [-0.25, -0.2) is 11.6 Å². The topological polar surface area (TPSA) is 0 Å². The number of rotatable bonds is 1. The van der Waals surface area contributed by atoms with Crippen LogP contribution in [0.15, 0.2) is 17.7 Å². The molecule has 1 aliphatic carbocycles. The third-order valence-corrected chi connectivity index (χ3v) is 1.49. The van der Waals surface area contributed by atoms with Crippen molar-refractivity contribution in [2.24, 2.45) is 5.41 Å². The van der Waals surface area contributed by atoms with Crippen LogP contribution in [0.4, 0.5) is 0 Å². The molecule has 1 heteroatoms. The molecular weight excluding hydrogens is 299 g/mol. The molecule has 0 N–H and O–H groups in total. The van der Waals surface area contributed by atoms with E-state index in [0.717, 1.165) is 12.8 Å². The van der Waals surface area contributed by atoms with Gasteiger partial charge in [0.25, 0.3) is 0 Å². The Morgan fingerprint density at radius 1 is 1.45 bits per heavy atom. The van der Waals surface area contributed by atoms with Crippen LogP contribution < -0.4 is 0 Å². The first-order valence-corrected chi connectivity index (χ1v) is 3.84. The standard InChI is InChI=1S/C10H15.Hf/c1-10(2,3)8-9-6-4-5-7-9;/h4,6H,5,8H2,1-3H3;/q-1;. The molecule has 0 radical (unpaired) electrons. The van der Waals surface area contributed by atoms with Crippen LogP contribution >= 0.6 is 0 Å². The molecule has 0 unspecified atom stereocenters.